The zero-order valence-electron chi connectivity index (χ0n) is 19.4. The maximum absolute atomic E-state index is 15.2. The number of hydrogen-bond donors (Lipinski definition) is 1. The quantitative estimate of drug-likeness (QED) is 0.658. The number of hydrogen-bond acceptors (Lipinski definition) is 5. The van der Waals surface area contributed by atoms with E-state index in [2.05, 4.69) is 5.32 Å². The Kier molecular flexibility index (Phi) is 6.03. The number of allylic oxidation sites excluding steroid dienone is 1. The lowest BCUT2D eigenvalue weighted by Gasteiger charge is -2.21. The highest BCUT2D eigenvalue weighted by Crippen LogP contribution is 2.38. The number of ether oxygens (including phenoxy) is 2. The van der Waals surface area contributed by atoms with E-state index in [4.69, 9.17) is 9.47 Å². The van der Waals surface area contributed by atoms with Crippen molar-refractivity contribution in [3.05, 3.63) is 51.6 Å². The first kappa shape index (κ1) is 23.0. The molecule has 0 saturated heterocycles. The van der Waals surface area contributed by atoms with E-state index < -0.39 is 28.9 Å². The molecule has 2 aliphatic carbocycles. The Morgan fingerprint density at radius 3 is 2.58 bits per heavy atom. The monoisotopic (exact) mass is 456 g/mol. The third-order valence-corrected chi connectivity index (χ3v) is 5.73. The lowest BCUT2D eigenvalue weighted by molar-refractivity contribution is 0.0507. The molecular formula is C25H29FN2O5. The number of amides is 1. The van der Waals surface area contributed by atoms with Crippen LogP contribution >= 0.6 is 0 Å². The lowest BCUT2D eigenvalue weighted by atomic mass is 10.0. The Bertz CT molecular complexity index is 1200. The topological polar surface area (TPSA) is 86.6 Å². The maximum Gasteiger partial charge on any atom is 0.408 e. The molecule has 1 amide bonds. The Morgan fingerprint density at radius 2 is 1.94 bits per heavy atom. The number of pyridine rings is 1. The number of benzene rings is 1. The summed E-state index contributed by atoms with van der Waals surface area (Å²) < 4.78 is 27.4. The molecule has 1 atom stereocenters. The smallest absolute Gasteiger partial charge is 0.408 e. The highest BCUT2D eigenvalue weighted by Gasteiger charge is 2.29. The fourth-order valence-corrected chi connectivity index (χ4v) is 4.14. The van der Waals surface area contributed by atoms with Crippen molar-refractivity contribution in [2.24, 2.45) is 0 Å². The number of carbonyl (C=O) groups excluding carboxylic acids is 2. The molecule has 0 aliphatic heterocycles. The van der Waals surface area contributed by atoms with E-state index in [1.807, 2.05) is 10.6 Å². The summed E-state index contributed by atoms with van der Waals surface area (Å²) in [5, 5.41) is 2.97. The van der Waals surface area contributed by atoms with Gasteiger partial charge in [-0.1, -0.05) is 6.08 Å². The largest absolute Gasteiger partial charge is 0.462 e. The molecule has 2 aliphatic rings. The predicted octanol–water partition coefficient (Wildman–Crippen LogP) is 4.72. The Balaban J connectivity index is 1.70. The number of nitrogens with zero attached hydrogens (tertiary/aromatic N) is 1. The van der Waals surface area contributed by atoms with Gasteiger partial charge in [0.2, 0.25) is 5.43 Å². The SMILES string of the molecule is CCOC(=O)c1cn(C2CC2)c2cc(C3=CC(NC(=O)OC(C)(C)C)CC3)c(F)cc2c1=O. The minimum atomic E-state index is -0.696. The first-order chi connectivity index (χ1) is 15.6. The number of esters is 1. The first-order valence-electron chi connectivity index (χ1n) is 11.3. The van der Waals surface area contributed by atoms with Crippen molar-refractivity contribution >= 4 is 28.5 Å². The maximum atomic E-state index is 15.2. The van der Waals surface area contributed by atoms with Crippen LogP contribution in [0, 0.1) is 5.82 Å². The molecule has 1 heterocycles. The van der Waals surface area contributed by atoms with Crippen LogP contribution in [0.15, 0.2) is 29.2 Å². The fraction of sp³-hybridized carbons (Fsp3) is 0.480. The van der Waals surface area contributed by atoms with E-state index in [-0.39, 0.29) is 29.6 Å². The van der Waals surface area contributed by atoms with Gasteiger partial charge in [0.25, 0.3) is 0 Å². The van der Waals surface area contributed by atoms with Crippen LogP contribution in [-0.4, -0.2) is 34.9 Å². The number of halogens is 1. The highest BCUT2D eigenvalue weighted by atomic mass is 19.1. The average molecular weight is 457 g/mol. The van der Waals surface area contributed by atoms with Crippen molar-refractivity contribution in [3.8, 4) is 0 Å². The van der Waals surface area contributed by atoms with Gasteiger partial charge in [0, 0.05) is 23.2 Å². The van der Waals surface area contributed by atoms with Crippen molar-refractivity contribution in [2.75, 3.05) is 6.61 Å². The van der Waals surface area contributed by atoms with E-state index >= 15 is 4.39 Å². The molecule has 0 spiro atoms. The summed E-state index contributed by atoms with van der Waals surface area (Å²) >= 11 is 0. The normalized spacial score (nSPS) is 18.2. The van der Waals surface area contributed by atoms with Gasteiger partial charge in [0.1, 0.15) is 17.0 Å². The van der Waals surface area contributed by atoms with Gasteiger partial charge in [-0.05, 0) is 71.1 Å². The van der Waals surface area contributed by atoms with Crippen molar-refractivity contribution in [2.45, 2.75) is 71.1 Å². The molecule has 33 heavy (non-hydrogen) atoms. The summed E-state index contributed by atoms with van der Waals surface area (Å²) in [5.74, 6) is -1.23. The summed E-state index contributed by atoms with van der Waals surface area (Å²) in [5.41, 5.74) is 0.541. The van der Waals surface area contributed by atoms with E-state index in [1.165, 1.54) is 12.3 Å². The predicted molar refractivity (Wildman–Crippen MR) is 123 cm³/mol. The third kappa shape index (κ3) is 4.94. The first-order valence-corrected chi connectivity index (χ1v) is 11.3. The number of fused-ring (bicyclic) bond motifs is 1. The number of nitrogens with one attached hydrogen (secondary N) is 1. The van der Waals surface area contributed by atoms with E-state index in [1.54, 1.807) is 33.8 Å². The summed E-state index contributed by atoms with van der Waals surface area (Å²) in [6.45, 7) is 7.20. The number of rotatable bonds is 5. The average Bonchev–Trinajstić information content (AvgIpc) is 3.46. The fourth-order valence-electron chi connectivity index (χ4n) is 4.14. The van der Waals surface area contributed by atoms with E-state index in [9.17, 15) is 14.4 Å². The van der Waals surface area contributed by atoms with Gasteiger partial charge >= 0.3 is 12.1 Å². The van der Waals surface area contributed by atoms with Crippen LogP contribution in [-0.2, 0) is 9.47 Å². The Hall–Kier alpha value is -3.16. The van der Waals surface area contributed by atoms with Gasteiger partial charge in [-0.2, -0.15) is 0 Å². The second-order valence-corrected chi connectivity index (χ2v) is 9.56. The lowest BCUT2D eigenvalue weighted by Crippen LogP contribution is -2.37. The Labute approximate surface area is 191 Å². The second kappa shape index (κ2) is 8.65. The minimum Gasteiger partial charge on any atom is -0.462 e. The molecule has 4 rings (SSSR count). The van der Waals surface area contributed by atoms with Crippen LogP contribution in [0.2, 0.25) is 0 Å². The molecule has 1 saturated carbocycles. The van der Waals surface area contributed by atoms with Gasteiger partial charge in [0.05, 0.1) is 18.2 Å². The molecule has 1 aromatic heterocycles. The van der Waals surface area contributed by atoms with Crippen LogP contribution in [0.3, 0.4) is 0 Å². The van der Waals surface area contributed by atoms with E-state index in [0.29, 0.717) is 23.9 Å². The van der Waals surface area contributed by atoms with Crippen LogP contribution in [0.1, 0.15) is 75.3 Å². The van der Waals surface area contributed by atoms with Gasteiger partial charge in [-0.3, -0.25) is 4.79 Å². The molecule has 7 nitrogen and oxygen atoms in total. The number of aromatic nitrogens is 1. The molecule has 1 fully saturated rings. The molecule has 8 heteroatoms. The molecule has 0 bridgehead atoms. The molecule has 1 aromatic carbocycles. The van der Waals surface area contributed by atoms with Crippen molar-refractivity contribution in [1.82, 2.24) is 9.88 Å². The van der Waals surface area contributed by atoms with Crippen LogP contribution in [0.25, 0.3) is 16.5 Å². The summed E-state index contributed by atoms with van der Waals surface area (Å²) in [6, 6.07) is 2.80. The molecule has 0 radical (unpaired) electrons. The van der Waals surface area contributed by atoms with Crippen LogP contribution in [0.4, 0.5) is 9.18 Å². The molecular weight excluding hydrogens is 427 g/mol. The van der Waals surface area contributed by atoms with Gasteiger partial charge in [0.15, 0.2) is 0 Å². The van der Waals surface area contributed by atoms with E-state index in [0.717, 1.165) is 18.4 Å². The van der Waals surface area contributed by atoms with Crippen molar-refractivity contribution in [3.63, 3.8) is 0 Å². The summed E-state index contributed by atoms with van der Waals surface area (Å²) in [7, 11) is 0. The molecule has 2 aromatic rings. The molecule has 176 valence electrons. The number of carbonyl (C=O) groups is 2. The third-order valence-electron chi connectivity index (χ3n) is 5.73. The molecule has 1 N–H and O–H groups in total. The highest BCUT2D eigenvalue weighted by molar-refractivity contribution is 5.94. The minimum absolute atomic E-state index is 0.0786. The Morgan fingerprint density at radius 1 is 1.21 bits per heavy atom. The zero-order valence-corrected chi connectivity index (χ0v) is 19.4. The van der Waals surface area contributed by atoms with Crippen LogP contribution < -0.4 is 10.7 Å². The van der Waals surface area contributed by atoms with Crippen molar-refractivity contribution in [1.29, 1.82) is 0 Å². The van der Waals surface area contributed by atoms with Gasteiger partial charge in [-0.15, -0.1) is 0 Å². The van der Waals surface area contributed by atoms with Gasteiger partial charge < -0.3 is 19.4 Å². The van der Waals surface area contributed by atoms with Crippen LogP contribution in [0.5, 0.6) is 0 Å². The summed E-state index contributed by atoms with van der Waals surface area (Å²) in [4.78, 5) is 37.3. The summed E-state index contributed by atoms with van der Waals surface area (Å²) in [6.07, 6.45) is 5.92. The number of alkyl carbamates (subject to hydrolysis) is 1. The zero-order chi connectivity index (χ0) is 23.9. The van der Waals surface area contributed by atoms with Crippen molar-refractivity contribution < 1.29 is 23.5 Å². The molecule has 1 unspecified atom stereocenters. The van der Waals surface area contributed by atoms with Gasteiger partial charge in [-0.25, -0.2) is 14.0 Å². The second-order valence-electron chi connectivity index (χ2n) is 9.56. The standard InChI is InChI=1S/C25H29FN2O5/c1-5-32-23(30)19-13-28(16-8-9-16)21-12-17(20(26)11-18(21)22(19)29)14-6-7-15(10-14)27-24(31)33-25(2,3)4/h10-13,15-16H,5-9H2,1-4H3,(H,27,31).